The van der Waals surface area contributed by atoms with Crippen molar-refractivity contribution in [2.75, 3.05) is 6.61 Å². The first-order valence-corrected chi connectivity index (χ1v) is 5.59. The van der Waals surface area contributed by atoms with Gasteiger partial charge in [0.1, 0.15) is 0 Å². The molecule has 0 aromatic carbocycles. The fraction of sp³-hybridized carbons (Fsp3) is 0.857. The molecule has 0 heterocycles. The monoisotopic (exact) mass is 284 g/mol. The number of hydrogen-bond acceptors (Lipinski definition) is 4. The lowest BCUT2D eigenvalue weighted by Gasteiger charge is -2.22. The third-order valence-electron chi connectivity index (χ3n) is 1.51. The average molecular weight is 284 g/mol. The number of rotatable bonds is 4. The van der Waals surface area contributed by atoms with Crippen LogP contribution in [0.5, 0.6) is 0 Å². The van der Waals surface area contributed by atoms with Gasteiger partial charge in [0, 0.05) is 0 Å². The van der Waals surface area contributed by atoms with Gasteiger partial charge in [-0.15, -0.1) is 3.89 Å². The fourth-order valence-corrected chi connectivity index (χ4v) is 1.22. The first-order chi connectivity index (χ1) is 7.34. The summed E-state index contributed by atoms with van der Waals surface area (Å²) < 4.78 is 85.6. The third kappa shape index (κ3) is 3.27. The van der Waals surface area contributed by atoms with Crippen molar-refractivity contribution in [1.82, 2.24) is 0 Å². The molecule has 0 saturated carbocycles. The molecule has 4 nitrogen and oxygen atoms in total. The Morgan fingerprint density at radius 2 is 1.65 bits per heavy atom. The third-order valence-corrected chi connectivity index (χ3v) is 2.58. The van der Waals surface area contributed by atoms with E-state index in [4.69, 9.17) is 0 Å². The van der Waals surface area contributed by atoms with Gasteiger partial charge in [-0.3, -0.25) is 0 Å². The van der Waals surface area contributed by atoms with E-state index in [-0.39, 0.29) is 0 Å². The van der Waals surface area contributed by atoms with Crippen LogP contribution in [0.3, 0.4) is 0 Å². The second-order valence-corrected chi connectivity index (χ2v) is 4.96. The van der Waals surface area contributed by atoms with Gasteiger partial charge in [0.2, 0.25) is 0 Å². The fourth-order valence-electron chi connectivity index (χ4n) is 0.689. The van der Waals surface area contributed by atoms with Gasteiger partial charge in [0.15, 0.2) is 0 Å². The summed E-state index contributed by atoms with van der Waals surface area (Å²) >= 11 is 0. The molecule has 0 N–H and O–H groups in total. The van der Waals surface area contributed by atoms with E-state index in [0.717, 1.165) is 0 Å². The van der Waals surface area contributed by atoms with E-state index in [1.165, 1.54) is 13.8 Å². The number of carbonyl (C=O) groups excluding carboxylic acids is 1. The first kappa shape index (κ1) is 16.1. The van der Waals surface area contributed by atoms with Crippen molar-refractivity contribution >= 4 is 16.2 Å². The van der Waals surface area contributed by atoms with Crippen LogP contribution in [0.15, 0.2) is 0 Å². The molecule has 0 aromatic heterocycles. The Labute approximate surface area is 94.0 Å². The number of alkyl halides is 4. The Morgan fingerprint density at radius 1 is 1.24 bits per heavy atom. The molecular weight excluding hydrogens is 275 g/mol. The molecule has 0 aliphatic rings. The molecule has 0 rings (SSSR count). The predicted octanol–water partition coefficient (Wildman–Crippen LogP) is 1.71. The normalized spacial score (nSPS) is 16.7. The van der Waals surface area contributed by atoms with Crippen LogP contribution in [0, 0.1) is 5.92 Å². The van der Waals surface area contributed by atoms with Crippen molar-refractivity contribution in [3.05, 3.63) is 0 Å². The van der Waals surface area contributed by atoms with Crippen molar-refractivity contribution in [3.8, 4) is 0 Å². The summed E-state index contributed by atoms with van der Waals surface area (Å²) in [5.74, 6) is -3.31. The summed E-state index contributed by atoms with van der Waals surface area (Å²) in [5.41, 5.74) is 0. The summed E-state index contributed by atoms with van der Waals surface area (Å²) in [4.78, 5) is 10.7. The van der Waals surface area contributed by atoms with E-state index in [0.29, 0.717) is 0 Å². The van der Waals surface area contributed by atoms with Gasteiger partial charge in [-0.05, 0) is 5.92 Å². The number of ether oxygens (including phenoxy) is 1. The molecule has 1 atom stereocenters. The quantitative estimate of drug-likeness (QED) is 0.448. The molecule has 0 aliphatic carbocycles. The zero-order valence-electron chi connectivity index (χ0n) is 8.72. The Balaban J connectivity index is 5.32. The molecule has 0 amide bonds. The van der Waals surface area contributed by atoms with Gasteiger partial charge in [-0.25, -0.2) is 9.18 Å². The van der Waals surface area contributed by atoms with Gasteiger partial charge in [0.05, 0.1) is 6.61 Å². The first-order valence-electron chi connectivity index (χ1n) is 4.21. The lowest BCUT2D eigenvalue weighted by atomic mass is 10.2. The van der Waals surface area contributed by atoms with Gasteiger partial charge < -0.3 is 4.74 Å². The van der Waals surface area contributed by atoms with Gasteiger partial charge in [-0.1, -0.05) is 13.8 Å². The summed E-state index contributed by atoms with van der Waals surface area (Å²) in [5, 5.41) is -5.69. The molecule has 0 spiro atoms. The number of hydrogen-bond donors (Lipinski definition) is 0. The summed E-state index contributed by atoms with van der Waals surface area (Å²) in [7, 11) is -6.84. The van der Waals surface area contributed by atoms with Crippen molar-refractivity contribution in [3.63, 3.8) is 0 Å². The second kappa shape index (κ2) is 4.75. The number of halogens is 5. The smallest absolute Gasteiger partial charge is 0.451 e. The van der Waals surface area contributed by atoms with Crippen LogP contribution >= 0.6 is 0 Å². The van der Waals surface area contributed by atoms with E-state index in [1.54, 1.807) is 0 Å². The van der Waals surface area contributed by atoms with Crippen LogP contribution < -0.4 is 0 Å². The minimum Gasteiger partial charge on any atom is -0.462 e. The Hall–Kier alpha value is -0.930. The van der Waals surface area contributed by atoms with Crippen molar-refractivity contribution < 1.29 is 39.4 Å². The molecule has 0 radical (unpaired) electrons. The van der Waals surface area contributed by atoms with Gasteiger partial charge in [-0.2, -0.15) is 21.6 Å². The van der Waals surface area contributed by atoms with Crippen LogP contribution in [0.1, 0.15) is 13.8 Å². The lowest BCUT2D eigenvalue weighted by Crippen LogP contribution is -2.53. The minimum absolute atomic E-state index is 0.473. The molecule has 0 fully saturated rings. The Bertz CT molecular complexity index is 388. The molecule has 0 aliphatic heterocycles. The summed E-state index contributed by atoms with van der Waals surface area (Å²) in [6.45, 7) is 2.14. The van der Waals surface area contributed by atoms with Crippen LogP contribution in [-0.2, 0) is 19.8 Å². The van der Waals surface area contributed by atoms with Crippen LogP contribution in [0.25, 0.3) is 0 Å². The molecule has 17 heavy (non-hydrogen) atoms. The maximum atomic E-state index is 13.1. The standard InChI is InChI=1S/C7H9F5O4S/c1-4(2)3-16-5(13)6(8,7(9,10)11)17(12,14)15/h4H,3H2,1-2H3/t6-/m1/s1. The van der Waals surface area contributed by atoms with Crippen molar-refractivity contribution in [2.24, 2.45) is 5.92 Å². The highest BCUT2D eigenvalue weighted by molar-refractivity contribution is 7.88. The molecule has 0 saturated heterocycles. The van der Waals surface area contributed by atoms with E-state index in [9.17, 15) is 34.7 Å². The molecule has 10 heteroatoms. The Kier molecular flexibility index (Phi) is 4.49. The molecular formula is C7H9F5O4S. The topological polar surface area (TPSA) is 60.4 Å². The number of esters is 1. The van der Waals surface area contributed by atoms with E-state index < -0.39 is 39.9 Å². The number of carbonyl (C=O) groups is 1. The zero-order chi connectivity index (χ0) is 14.1. The average Bonchev–Trinajstić information content (AvgIpc) is 2.08. The zero-order valence-corrected chi connectivity index (χ0v) is 9.53. The summed E-state index contributed by atoms with van der Waals surface area (Å²) in [6.07, 6.45) is -6.26. The van der Waals surface area contributed by atoms with Crippen molar-refractivity contribution in [1.29, 1.82) is 0 Å². The van der Waals surface area contributed by atoms with Crippen LogP contribution in [-0.4, -0.2) is 32.2 Å². The van der Waals surface area contributed by atoms with Crippen molar-refractivity contribution in [2.45, 2.75) is 25.0 Å². The predicted molar refractivity (Wildman–Crippen MR) is 45.7 cm³/mol. The van der Waals surface area contributed by atoms with Crippen LogP contribution in [0.4, 0.5) is 21.4 Å². The molecule has 0 aromatic rings. The maximum Gasteiger partial charge on any atom is 0.451 e. The highest BCUT2D eigenvalue weighted by Crippen LogP contribution is 2.40. The maximum absolute atomic E-state index is 13.1. The SMILES string of the molecule is CC(C)COC(=O)[C@](F)(C(F)(F)F)S(=O)(=O)F. The second-order valence-electron chi connectivity index (χ2n) is 3.52. The van der Waals surface area contributed by atoms with Gasteiger partial charge >= 0.3 is 27.4 Å². The minimum atomic E-state index is -6.84. The molecule has 0 bridgehead atoms. The van der Waals surface area contributed by atoms with E-state index >= 15 is 0 Å². The lowest BCUT2D eigenvalue weighted by molar-refractivity contribution is -0.215. The highest BCUT2D eigenvalue weighted by Gasteiger charge is 2.73. The summed E-state index contributed by atoms with van der Waals surface area (Å²) in [6, 6.07) is 0. The molecule has 0 unspecified atom stereocenters. The van der Waals surface area contributed by atoms with Crippen LogP contribution in [0.2, 0.25) is 0 Å². The Morgan fingerprint density at radius 3 is 1.88 bits per heavy atom. The largest absolute Gasteiger partial charge is 0.462 e. The van der Waals surface area contributed by atoms with E-state index in [2.05, 4.69) is 4.74 Å². The molecule has 102 valence electrons. The van der Waals surface area contributed by atoms with E-state index in [1.807, 2.05) is 0 Å². The highest BCUT2D eigenvalue weighted by atomic mass is 32.3. The van der Waals surface area contributed by atoms with Gasteiger partial charge in [0.25, 0.3) is 0 Å².